The molecule has 2 aromatic carbocycles. The topological polar surface area (TPSA) is 26.3 Å². The van der Waals surface area contributed by atoms with E-state index in [1.165, 1.54) is 0 Å². The summed E-state index contributed by atoms with van der Waals surface area (Å²) in [6.07, 6.45) is -3.68. The molecule has 0 aromatic heterocycles. The molecule has 0 amide bonds. The van der Waals surface area contributed by atoms with Crippen LogP contribution in [0.2, 0.25) is 0 Å². The number of rotatable bonds is 5. The third kappa shape index (κ3) is 4.41. The second kappa shape index (κ2) is 7.63. The minimum atomic E-state index is -4.60. The molecule has 0 N–H and O–H groups in total. The van der Waals surface area contributed by atoms with E-state index in [0.29, 0.717) is 0 Å². The van der Waals surface area contributed by atoms with Crippen LogP contribution in [0.1, 0.15) is 19.4 Å². The molecule has 2 nitrogen and oxygen atoms in total. The van der Waals surface area contributed by atoms with Crippen LogP contribution in [0.3, 0.4) is 0 Å². The number of hydrogen-bond acceptors (Lipinski definition) is 2. The Bertz CT molecular complexity index is 888. The van der Waals surface area contributed by atoms with Crippen LogP contribution in [0, 0.1) is 17.3 Å². The Hall–Kier alpha value is -2.27. The average molecular weight is 409 g/mol. The summed E-state index contributed by atoms with van der Waals surface area (Å²) < 4.78 is 43.3. The van der Waals surface area contributed by atoms with Crippen LogP contribution in [-0.2, 0) is 16.1 Å². The largest absolute Gasteiger partial charge is 0.461 e. The van der Waals surface area contributed by atoms with Crippen LogP contribution in [0.4, 0.5) is 13.2 Å². The van der Waals surface area contributed by atoms with Crippen molar-refractivity contribution in [1.29, 1.82) is 0 Å². The summed E-state index contributed by atoms with van der Waals surface area (Å²) >= 11 is 5.32. The molecule has 28 heavy (non-hydrogen) atoms. The molecule has 1 aliphatic rings. The smallest absolute Gasteiger partial charge is 0.426 e. The van der Waals surface area contributed by atoms with Crippen molar-refractivity contribution in [2.24, 2.45) is 17.3 Å². The Morgan fingerprint density at radius 3 is 2.39 bits per heavy atom. The van der Waals surface area contributed by atoms with Crippen LogP contribution in [-0.4, -0.2) is 12.1 Å². The van der Waals surface area contributed by atoms with E-state index < -0.39 is 34.4 Å². The van der Waals surface area contributed by atoms with Gasteiger partial charge >= 0.3 is 12.1 Å². The predicted octanol–water partition coefficient (Wildman–Crippen LogP) is 6.35. The predicted molar refractivity (Wildman–Crippen MR) is 102 cm³/mol. The number of carbonyl (C=O) groups is 1. The van der Waals surface area contributed by atoms with E-state index in [0.717, 1.165) is 22.8 Å². The first-order valence-electron chi connectivity index (χ1n) is 8.86. The Labute approximate surface area is 167 Å². The highest BCUT2D eigenvalue weighted by Gasteiger charge is 2.62. The van der Waals surface area contributed by atoms with Crippen molar-refractivity contribution < 1.29 is 22.7 Å². The van der Waals surface area contributed by atoms with Gasteiger partial charge in [0.2, 0.25) is 0 Å². The molecule has 0 saturated heterocycles. The van der Waals surface area contributed by atoms with E-state index in [4.69, 9.17) is 16.3 Å². The van der Waals surface area contributed by atoms with Gasteiger partial charge in [0.1, 0.15) is 11.6 Å². The SMILES string of the molecule is CC1(C)[C@H](C=C(Cl)C(F)(F)F)[C@H]1C(=O)OCc1cccc(-c2ccccc2)c1. The molecule has 0 bridgehead atoms. The van der Waals surface area contributed by atoms with Crippen LogP contribution >= 0.6 is 11.6 Å². The van der Waals surface area contributed by atoms with Gasteiger partial charge in [-0.2, -0.15) is 13.2 Å². The van der Waals surface area contributed by atoms with Crippen molar-refractivity contribution in [1.82, 2.24) is 0 Å². The molecule has 1 saturated carbocycles. The molecule has 148 valence electrons. The van der Waals surface area contributed by atoms with Crippen molar-refractivity contribution in [3.05, 3.63) is 71.3 Å². The third-order valence-electron chi connectivity index (χ3n) is 5.18. The van der Waals surface area contributed by atoms with Gasteiger partial charge in [-0.15, -0.1) is 0 Å². The maximum absolute atomic E-state index is 12.6. The summed E-state index contributed by atoms with van der Waals surface area (Å²) in [5.74, 6) is -1.74. The molecule has 1 fully saturated rings. The normalized spacial score (nSPS) is 21.3. The molecule has 2 aromatic rings. The summed E-state index contributed by atoms with van der Waals surface area (Å²) in [5, 5.41) is -1.20. The molecule has 6 heteroatoms. The quantitative estimate of drug-likeness (QED) is 0.538. The van der Waals surface area contributed by atoms with Crippen molar-refractivity contribution in [2.45, 2.75) is 26.6 Å². The minimum absolute atomic E-state index is 0.0650. The molecule has 1 aliphatic carbocycles. The van der Waals surface area contributed by atoms with Gasteiger partial charge in [-0.05, 0) is 34.1 Å². The van der Waals surface area contributed by atoms with Crippen LogP contribution in [0.5, 0.6) is 0 Å². The zero-order chi connectivity index (χ0) is 20.5. The molecule has 0 unspecified atom stereocenters. The van der Waals surface area contributed by atoms with Crippen molar-refractivity contribution in [3.8, 4) is 11.1 Å². The zero-order valence-electron chi connectivity index (χ0n) is 15.5. The number of carbonyl (C=O) groups excluding carboxylic acids is 1. The number of alkyl halides is 3. The second-order valence-corrected chi connectivity index (χ2v) is 7.92. The summed E-state index contributed by atoms with van der Waals surface area (Å²) in [7, 11) is 0. The number of esters is 1. The molecule has 0 heterocycles. The lowest BCUT2D eigenvalue weighted by Gasteiger charge is -2.08. The molecule has 0 aliphatic heterocycles. The Kier molecular flexibility index (Phi) is 5.57. The monoisotopic (exact) mass is 408 g/mol. The summed E-state index contributed by atoms with van der Waals surface area (Å²) in [5.41, 5.74) is 2.24. The molecule has 2 atom stereocenters. The first-order chi connectivity index (χ1) is 13.1. The molecule has 0 radical (unpaired) electrons. The maximum atomic E-state index is 12.6. The van der Waals surface area contributed by atoms with E-state index in [-0.39, 0.29) is 6.61 Å². The van der Waals surface area contributed by atoms with Gasteiger partial charge in [0.15, 0.2) is 0 Å². The maximum Gasteiger partial charge on any atom is 0.426 e. The van der Waals surface area contributed by atoms with Gasteiger partial charge in [0.25, 0.3) is 0 Å². The lowest BCUT2D eigenvalue weighted by atomic mass is 10.0. The van der Waals surface area contributed by atoms with Gasteiger partial charge < -0.3 is 4.74 Å². The van der Waals surface area contributed by atoms with E-state index >= 15 is 0 Å². The fraction of sp³-hybridized carbons (Fsp3) is 0.318. The van der Waals surface area contributed by atoms with E-state index in [9.17, 15) is 18.0 Å². The first kappa shape index (κ1) is 20.5. The highest BCUT2D eigenvalue weighted by atomic mass is 35.5. The van der Waals surface area contributed by atoms with Crippen molar-refractivity contribution >= 4 is 17.6 Å². The van der Waals surface area contributed by atoms with Gasteiger partial charge in [-0.1, -0.05) is 80.1 Å². The number of ether oxygens (including phenoxy) is 1. The van der Waals surface area contributed by atoms with Crippen molar-refractivity contribution in [2.75, 3.05) is 0 Å². The Balaban J connectivity index is 1.65. The van der Waals surface area contributed by atoms with Crippen LogP contribution in [0.25, 0.3) is 11.1 Å². The number of allylic oxidation sites excluding steroid dienone is 2. The molecular formula is C22H20ClF3O2. The highest BCUT2D eigenvalue weighted by molar-refractivity contribution is 6.30. The van der Waals surface area contributed by atoms with E-state index in [1.807, 2.05) is 54.6 Å². The number of benzene rings is 2. The lowest BCUT2D eigenvalue weighted by Crippen LogP contribution is -2.11. The van der Waals surface area contributed by atoms with Gasteiger partial charge in [0.05, 0.1) is 5.92 Å². The number of hydrogen-bond donors (Lipinski definition) is 0. The zero-order valence-corrected chi connectivity index (χ0v) is 16.2. The van der Waals surface area contributed by atoms with Gasteiger partial charge in [-0.3, -0.25) is 4.79 Å². The second-order valence-electron chi connectivity index (χ2n) is 7.51. The standard InChI is InChI=1S/C22H20ClF3O2/c1-21(2)17(12-18(23)22(24,25)26)19(21)20(27)28-13-14-7-6-10-16(11-14)15-8-4-3-5-9-15/h3-12,17,19H,13H2,1-2H3/t17-,19+/m1/s1. The summed E-state index contributed by atoms with van der Waals surface area (Å²) in [4.78, 5) is 12.4. The Morgan fingerprint density at radius 2 is 1.75 bits per heavy atom. The van der Waals surface area contributed by atoms with Crippen LogP contribution < -0.4 is 0 Å². The highest BCUT2D eigenvalue weighted by Crippen LogP contribution is 2.60. The average Bonchev–Trinajstić information content (AvgIpc) is 3.20. The van der Waals surface area contributed by atoms with E-state index in [1.54, 1.807) is 13.8 Å². The fourth-order valence-electron chi connectivity index (χ4n) is 3.41. The molecular weight excluding hydrogens is 389 g/mol. The number of halogens is 4. The van der Waals surface area contributed by atoms with Crippen molar-refractivity contribution in [3.63, 3.8) is 0 Å². The lowest BCUT2D eigenvalue weighted by molar-refractivity contribution is -0.147. The van der Waals surface area contributed by atoms with Gasteiger partial charge in [-0.25, -0.2) is 0 Å². The molecule has 0 spiro atoms. The van der Waals surface area contributed by atoms with E-state index in [2.05, 4.69) is 0 Å². The third-order valence-corrected chi connectivity index (χ3v) is 5.52. The van der Waals surface area contributed by atoms with Crippen LogP contribution in [0.15, 0.2) is 65.7 Å². The van der Waals surface area contributed by atoms with Gasteiger partial charge in [0, 0.05) is 0 Å². The fourth-order valence-corrected chi connectivity index (χ4v) is 3.54. The Morgan fingerprint density at radius 1 is 1.11 bits per heavy atom. The summed E-state index contributed by atoms with van der Waals surface area (Å²) in [6.45, 7) is 3.53. The summed E-state index contributed by atoms with van der Waals surface area (Å²) in [6, 6.07) is 17.4. The minimum Gasteiger partial charge on any atom is -0.461 e. The molecule has 3 rings (SSSR count). The first-order valence-corrected chi connectivity index (χ1v) is 9.24.